The Kier molecular flexibility index (Phi) is 5.09. The van der Waals surface area contributed by atoms with Gasteiger partial charge < -0.3 is 10.2 Å². The smallest absolute Gasteiger partial charge is 0.508 e. The molecule has 6 heteroatoms. The summed E-state index contributed by atoms with van der Waals surface area (Å²) in [4.78, 5) is 14.2. The van der Waals surface area contributed by atoms with E-state index in [1.807, 2.05) is 0 Å². The summed E-state index contributed by atoms with van der Waals surface area (Å²) >= 11 is 0. The Morgan fingerprint density at radius 2 is 1.21 bits per heavy atom. The van der Waals surface area contributed by atoms with Crippen LogP contribution in [0.5, 0.6) is 11.5 Å². The van der Waals surface area contributed by atoms with Crippen molar-refractivity contribution in [2.75, 3.05) is 0 Å². The lowest BCUT2D eigenvalue weighted by molar-refractivity contribution is 0.405. The van der Waals surface area contributed by atoms with Gasteiger partial charge in [0, 0.05) is 4.57 Å². The first kappa shape index (κ1) is 12.8. The molecule has 0 heterocycles. The number of hydrogen-bond donors (Lipinski definition) is 4. The number of rotatable bonds is 0. The Balaban J connectivity index is 0.000000364. The summed E-state index contributed by atoms with van der Waals surface area (Å²) in [6.07, 6.45) is 0. The van der Waals surface area contributed by atoms with Gasteiger partial charge in [0.1, 0.15) is 11.5 Å². The van der Waals surface area contributed by atoms with Gasteiger partial charge in [0.15, 0.2) is 0 Å². The van der Waals surface area contributed by atoms with Crippen LogP contribution in [-0.4, -0.2) is 20.0 Å². The molecular formula is C8H12O5P+. The van der Waals surface area contributed by atoms with Crippen LogP contribution < -0.4 is 0 Å². The molecule has 0 saturated heterocycles. The second-order valence-corrected chi connectivity index (χ2v) is 3.11. The maximum absolute atomic E-state index is 9.11. The predicted molar refractivity (Wildman–Crippen MR) is 51.3 cm³/mol. The molecule has 0 saturated carbocycles. The lowest BCUT2D eigenvalue weighted by Gasteiger charge is -2.03. The molecule has 0 atom stereocenters. The van der Waals surface area contributed by atoms with Gasteiger partial charge in [-0.25, -0.2) is 0 Å². The fourth-order valence-electron chi connectivity index (χ4n) is 0.792. The first-order chi connectivity index (χ1) is 6.36. The molecule has 14 heavy (non-hydrogen) atoms. The third-order valence-electron chi connectivity index (χ3n) is 1.73. The van der Waals surface area contributed by atoms with Gasteiger partial charge in [0.25, 0.3) is 0 Å². The maximum Gasteiger partial charge on any atom is 0.692 e. The quantitative estimate of drug-likeness (QED) is 0.390. The SMILES string of the molecule is Cc1c(O)ccc(O)c1C.O=[P+](O)O. The van der Waals surface area contributed by atoms with Crippen molar-refractivity contribution in [1.29, 1.82) is 0 Å². The largest absolute Gasteiger partial charge is 0.692 e. The highest BCUT2D eigenvalue weighted by molar-refractivity contribution is 7.30. The normalized spacial score (nSPS) is 8.86. The minimum absolute atomic E-state index is 0.232. The van der Waals surface area contributed by atoms with Crippen molar-refractivity contribution in [3.8, 4) is 11.5 Å². The maximum atomic E-state index is 9.11. The Morgan fingerprint density at radius 1 is 1.00 bits per heavy atom. The second-order valence-electron chi connectivity index (χ2n) is 2.61. The van der Waals surface area contributed by atoms with E-state index in [1.165, 1.54) is 12.1 Å². The second kappa shape index (κ2) is 5.54. The van der Waals surface area contributed by atoms with Gasteiger partial charge in [0.2, 0.25) is 0 Å². The summed E-state index contributed by atoms with van der Waals surface area (Å²) in [5, 5.41) is 18.2. The van der Waals surface area contributed by atoms with Gasteiger partial charge in [-0.2, -0.15) is 0 Å². The average Bonchev–Trinajstić information content (AvgIpc) is 2.07. The molecule has 0 amide bonds. The number of phenols is 2. The Morgan fingerprint density at radius 3 is 1.43 bits per heavy atom. The molecule has 1 aromatic carbocycles. The monoisotopic (exact) mass is 219 g/mol. The zero-order valence-electron chi connectivity index (χ0n) is 7.80. The molecule has 4 N–H and O–H groups in total. The average molecular weight is 219 g/mol. The van der Waals surface area contributed by atoms with Crippen LogP contribution in [0.25, 0.3) is 0 Å². The lowest BCUT2D eigenvalue weighted by Crippen LogP contribution is -1.81. The van der Waals surface area contributed by atoms with E-state index >= 15 is 0 Å². The summed E-state index contributed by atoms with van der Waals surface area (Å²) in [7, 11) is -2.87. The van der Waals surface area contributed by atoms with Crippen LogP contribution in [0.2, 0.25) is 0 Å². The van der Waals surface area contributed by atoms with Crippen molar-refractivity contribution in [3.05, 3.63) is 23.3 Å². The zero-order chi connectivity index (χ0) is 11.3. The van der Waals surface area contributed by atoms with Gasteiger partial charge in [-0.05, 0) is 37.1 Å². The van der Waals surface area contributed by atoms with E-state index in [0.717, 1.165) is 11.1 Å². The van der Waals surface area contributed by atoms with E-state index in [2.05, 4.69) is 0 Å². The zero-order valence-corrected chi connectivity index (χ0v) is 8.69. The molecule has 0 unspecified atom stereocenters. The van der Waals surface area contributed by atoms with E-state index in [0.29, 0.717) is 0 Å². The molecule has 0 aliphatic heterocycles. The fraction of sp³-hybridized carbons (Fsp3) is 0.250. The third-order valence-corrected chi connectivity index (χ3v) is 1.73. The van der Waals surface area contributed by atoms with Crippen molar-refractivity contribution in [2.24, 2.45) is 0 Å². The van der Waals surface area contributed by atoms with Crippen LogP contribution in [0.3, 0.4) is 0 Å². The molecule has 1 aromatic rings. The van der Waals surface area contributed by atoms with Crippen molar-refractivity contribution < 1.29 is 24.6 Å². The van der Waals surface area contributed by atoms with Crippen LogP contribution >= 0.6 is 8.25 Å². The highest BCUT2D eigenvalue weighted by Crippen LogP contribution is 2.26. The predicted octanol–water partition coefficient (Wildman–Crippen LogP) is 1.34. The van der Waals surface area contributed by atoms with Crippen molar-refractivity contribution in [2.45, 2.75) is 13.8 Å². The molecule has 5 nitrogen and oxygen atoms in total. The number of benzene rings is 1. The summed E-state index contributed by atoms with van der Waals surface area (Å²) in [5.74, 6) is 0.464. The first-order valence-corrected chi connectivity index (χ1v) is 4.86. The lowest BCUT2D eigenvalue weighted by atomic mass is 10.1. The molecular weight excluding hydrogens is 207 g/mol. The van der Waals surface area contributed by atoms with Crippen LogP contribution in [0.15, 0.2) is 12.1 Å². The van der Waals surface area contributed by atoms with Gasteiger partial charge in [0.05, 0.1) is 0 Å². The van der Waals surface area contributed by atoms with Crippen molar-refractivity contribution >= 4 is 8.25 Å². The van der Waals surface area contributed by atoms with E-state index in [-0.39, 0.29) is 11.5 Å². The van der Waals surface area contributed by atoms with Gasteiger partial charge in [-0.15, -0.1) is 9.79 Å². The van der Waals surface area contributed by atoms with Gasteiger partial charge >= 0.3 is 8.25 Å². The Labute approximate surface area is 82.2 Å². The molecule has 78 valence electrons. The van der Waals surface area contributed by atoms with E-state index in [4.69, 9.17) is 24.6 Å². The molecule has 0 aromatic heterocycles. The molecule has 0 fully saturated rings. The molecule has 0 spiro atoms. The highest BCUT2D eigenvalue weighted by Gasteiger charge is 2.02. The number of hydrogen-bond acceptors (Lipinski definition) is 3. The highest BCUT2D eigenvalue weighted by atomic mass is 31.1. The third kappa shape index (κ3) is 4.18. The molecule has 0 aliphatic rings. The molecule has 0 aliphatic carbocycles. The summed E-state index contributed by atoms with van der Waals surface area (Å²) < 4.78 is 8.70. The van der Waals surface area contributed by atoms with Crippen LogP contribution in [-0.2, 0) is 4.57 Å². The van der Waals surface area contributed by atoms with E-state index < -0.39 is 8.25 Å². The van der Waals surface area contributed by atoms with E-state index in [1.54, 1.807) is 13.8 Å². The first-order valence-electron chi connectivity index (χ1n) is 3.69. The van der Waals surface area contributed by atoms with E-state index in [9.17, 15) is 0 Å². The molecule has 0 radical (unpaired) electrons. The van der Waals surface area contributed by atoms with Gasteiger partial charge in [-0.1, -0.05) is 0 Å². The van der Waals surface area contributed by atoms with Crippen LogP contribution in [0.1, 0.15) is 11.1 Å². The number of phenolic OH excluding ortho intramolecular Hbond substituents is 2. The summed E-state index contributed by atoms with van der Waals surface area (Å²) in [5.41, 5.74) is 1.47. The molecule has 0 bridgehead atoms. The Hall–Kier alpha value is -1.16. The standard InChI is InChI=1S/C8H10O2.HO3P/c1-5-6(2)8(10)4-3-7(5)9;1-4(2)3/h3-4,9-10H,1-2H3;(H-,1,2,3)/p+1. The summed E-state index contributed by atoms with van der Waals surface area (Å²) in [6.45, 7) is 3.54. The van der Waals surface area contributed by atoms with Crippen LogP contribution in [0.4, 0.5) is 0 Å². The van der Waals surface area contributed by atoms with Gasteiger partial charge in [-0.3, -0.25) is 0 Å². The van der Waals surface area contributed by atoms with Crippen LogP contribution in [0, 0.1) is 13.8 Å². The number of aromatic hydroxyl groups is 2. The Bertz CT molecular complexity index is 306. The minimum atomic E-state index is -2.87. The van der Waals surface area contributed by atoms with Crippen molar-refractivity contribution in [1.82, 2.24) is 0 Å². The fourth-order valence-corrected chi connectivity index (χ4v) is 0.792. The summed E-state index contributed by atoms with van der Waals surface area (Å²) in [6, 6.07) is 2.97. The molecule has 1 rings (SSSR count). The topological polar surface area (TPSA) is 98.0 Å². The minimum Gasteiger partial charge on any atom is -0.508 e. The van der Waals surface area contributed by atoms with Crippen molar-refractivity contribution in [3.63, 3.8) is 0 Å².